The molecule has 0 heterocycles. The Balaban J connectivity index is 1.18. The van der Waals surface area contributed by atoms with Crippen LogP contribution in [0.15, 0.2) is 146 Å². The molecule has 0 nitrogen and oxygen atoms in total. The van der Waals surface area contributed by atoms with Crippen molar-refractivity contribution in [3.63, 3.8) is 0 Å². The molecular weight excluding hydrogens is 704 g/mol. The molecule has 0 aromatic heterocycles. The highest BCUT2D eigenvalue weighted by atomic mass is 19.1. The Labute approximate surface area is 336 Å². The summed E-state index contributed by atoms with van der Waals surface area (Å²) in [6.07, 6.45) is 1.98. The van der Waals surface area contributed by atoms with Gasteiger partial charge in [0.05, 0.1) is 0 Å². The molecule has 0 saturated carbocycles. The molecule has 0 amide bonds. The van der Waals surface area contributed by atoms with E-state index in [1.54, 1.807) is 12.1 Å². The van der Waals surface area contributed by atoms with Gasteiger partial charge in [-0.1, -0.05) is 153 Å². The lowest BCUT2D eigenvalue weighted by Gasteiger charge is -2.20. The Hall–Kier alpha value is -6.83. The van der Waals surface area contributed by atoms with Crippen LogP contribution >= 0.6 is 0 Å². The van der Waals surface area contributed by atoms with E-state index in [4.69, 9.17) is 0 Å². The Bertz CT molecular complexity index is 3390. The molecule has 0 aliphatic heterocycles. The summed E-state index contributed by atoms with van der Waals surface area (Å²) in [5, 5.41) is 15.8. The van der Waals surface area contributed by atoms with Gasteiger partial charge in [-0.25, -0.2) is 4.39 Å². The van der Waals surface area contributed by atoms with Gasteiger partial charge >= 0.3 is 0 Å². The Kier molecular flexibility index (Phi) is 6.34. The van der Waals surface area contributed by atoms with Crippen LogP contribution in [0.1, 0.15) is 30.5 Å². The molecule has 272 valence electrons. The minimum atomic E-state index is -0.223. The fraction of sp³-hybridized carbons (Fsp3) is 0.0877. The number of benzene rings is 11. The summed E-state index contributed by atoms with van der Waals surface area (Å²) in [6.45, 7) is 6.79. The largest absolute Gasteiger partial charge is 0.207 e. The highest BCUT2D eigenvalue weighted by Crippen LogP contribution is 2.61. The average molecular weight is 741 g/mol. The van der Waals surface area contributed by atoms with Crippen molar-refractivity contribution in [3.8, 4) is 66.8 Å². The molecule has 11 aromatic carbocycles. The second-order valence-corrected chi connectivity index (χ2v) is 16.5. The smallest absolute Gasteiger partial charge is 0.123 e. The standard InChI is InChI=1S/C57H37F/c1-4-34-36-10-6-7-11-37(36)35(5-2)51-45-27-23-41-43-25-29-47-55-46(28-24-42(53(43)55)40-22-26-44(50(34)51)54(45)52(40)41)56-48(31-16-14-30(3)15-17-31)38-12-8-9-13-39(38)49(57(47)56)32-18-20-33(58)21-19-32/h6-29H,4-5H2,1-3H3. The Morgan fingerprint density at radius 2 is 0.690 bits per heavy atom. The van der Waals surface area contributed by atoms with Gasteiger partial charge in [0.25, 0.3) is 0 Å². The summed E-state index contributed by atoms with van der Waals surface area (Å²) in [7, 11) is 0. The summed E-state index contributed by atoms with van der Waals surface area (Å²) < 4.78 is 14.5. The minimum absolute atomic E-state index is 0.223. The van der Waals surface area contributed by atoms with Crippen molar-refractivity contribution in [1.29, 1.82) is 0 Å². The molecule has 0 saturated heterocycles. The lowest BCUT2D eigenvalue weighted by atomic mass is 9.82. The highest BCUT2D eigenvalue weighted by Gasteiger charge is 2.34. The van der Waals surface area contributed by atoms with Gasteiger partial charge in [0.15, 0.2) is 0 Å². The number of fused-ring (bicyclic) bond motifs is 10. The molecule has 0 N–H and O–H groups in total. The maximum absolute atomic E-state index is 14.5. The van der Waals surface area contributed by atoms with E-state index in [-0.39, 0.29) is 5.82 Å². The molecule has 2 aliphatic carbocycles. The topological polar surface area (TPSA) is 0 Å². The van der Waals surface area contributed by atoms with Crippen molar-refractivity contribution in [2.24, 2.45) is 0 Å². The number of hydrogen-bond donors (Lipinski definition) is 0. The first-order chi connectivity index (χ1) is 28.6. The van der Waals surface area contributed by atoms with Crippen LogP contribution in [0.4, 0.5) is 4.39 Å². The highest BCUT2D eigenvalue weighted by molar-refractivity contribution is 6.41. The fourth-order valence-corrected chi connectivity index (χ4v) is 11.5. The van der Waals surface area contributed by atoms with E-state index < -0.39 is 0 Å². The molecule has 0 atom stereocenters. The van der Waals surface area contributed by atoms with E-state index in [0.717, 1.165) is 24.0 Å². The zero-order valence-electron chi connectivity index (χ0n) is 32.6. The molecular formula is C57H37F. The zero-order valence-corrected chi connectivity index (χ0v) is 32.6. The Morgan fingerprint density at radius 3 is 1.09 bits per heavy atom. The number of halogens is 1. The molecule has 0 fully saturated rings. The van der Waals surface area contributed by atoms with Crippen molar-refractivity contribution >= 4 is 64.6 Å². The normalized spacial score (nSPS) is 12.6. The van der Waals surface area contributed by atoms with Crippen LogP contribution in [0.5, 0.6) is 0 Å². The van der Waals surface area contributed by atoms with E-state index in [9.17, 15) is 4.39 Å². The van der Waals surface area contributed by atoms with Gasteiger partial charge in [-0.3, -0.25) is 0 Å². The second-order valence-electron chi connectivity index (χ2n) is 16.5. The summed E-state index contributed by atoms with van der Waals surface area (Å²) in [5.74, 6) is -0.223. The fourth-order valence-electron chi connectivity index (χ4n) is 11.5. The van der Waals surface area contributed by atoms with E-state index in [1.807, 2.05) is 12.1 Å². The van der Waals surface area contributed by atoms with Crippen molar-refractivity contribution in [2.45, 2.75) is 33.6 Å². The van der Waals surface area contributed by atoms with Crippen molar-refractivity contribution in [2.75, 3.05) is 0 Å². The van der Waals surface area contributed by atoms with Crippen molar-refractivity contribution < 1.29 is 4.39 Å². The van der Waals surface area contributed by atoms with Crippen LogP contribution in [0.2, 0.25) is 0 Å². The predicted octanol–water partition coefficient (Wildman–Crippen LogP) is 16.2. The maximum Gasteiger partial charge on any atom is 0.123 e. The third-order valence-corrected chi connectivity index (χ3v) is 13.8. The lowest BCUT2D eigenvalue weighted by Crippen LogP contribution is -1.96. The quantitative estimate of drug-likeness (QED) is 0.124. The number of hydrogen-bond acceptors (Lipinski definition) is 0. The van der Waals surface area contributed by atoms with Gasteiger partial charge in [-0.15, -0.1) is 0 Å². The van der Waals surface area contributed by atoms with E-state index in [1.165, 1.54) is 137 Å². The summed E-state index contributed by atoms with van der Waals surface area (Å²) in [4.78, 5) is 0. The van der Waals surface area contributed by atoms with Crippen molar-refractivity contribution in [3.05, 3.63) is 168 Å². The molecule has 2 aliphatic rings. The predicted molar refractivity (Wildman–Crippen MR) is 246 cm³/mol. The molecule has 11 aromatic rings. The van der Waals surface area contributed by atoms with Crippen LogP contribution in [-0.2, 0) is 12.8 Å². The van der Waals surface area contributed by atoms with Gasteiger partial charge in [0.1, 0.15) is 5.82 Å². The summed E-state index contributed by atoms with van der Waals surface area (Å²) in [5.41, 5.74) is 19.5. The number of aryl methyl sites for hydroxylation is 3. The molecule has 58 heavy (non-hydrogen) atoms. The first-order valence-electron chi connectivity index (χ1n) is 20.8. The maximum atomic E-state index is 14.5. The van der Waals surface area contributed by atoms with Gasteiger partial charge in [-0.05, 0) is 174 Å². The Morgan fingerprint density at radius 1 is 0.328 bits per heavy atom. The van der Waals surface area contributed by atoms with Crippen molar-refractivity contribution in [1.82, 2.24) is 0 Å². The van der Waals surface area contributed by atoms with Crippen LogP contribution in [-0.4, -0.2) is 0 Å². The molecule has 0 spiro atoms. The van der Waals surface area contributed by atoms with Gasteiger partial charge in [0.2, 0.25) is 0 Å². The van der Waals surface area contributed by atoms with Crippen LogP contribution in [0, 0.1) is 12.7 Å². The monoisotopic (exact) mass is 740 g/mol. The molecule has 13 rings (SSSR count). The van der Waals surface area contributed by atoms with Gasteiger partial charge in [-0.2, -0.15) is 0 Å². The molecule has 0 unspecified atom stereocenters. The van der Waals surface area contributed by atoms with Crippen LogP contribution < -0.4 is 0 Å². The van der Waals surface area contributed by atoms with Crippen LogP contribution in [0.25, 0.3) is 131 Å². The van der Waals surface area contributed by atoms with Crippen LogP contribution in [0.3, 0.4) is 0 Å². The van der Waals surface area contributed by atoms with Gasteiger partial charge < -0.3 is 0 Å². The van der Waals surface area contributed by atoms with Gasteiger partial charge in [0, 0.05) is 0 Å². The third-order valence-electron chi connectivity index (χ3n) is 13.8. The average Bonchev–Trinajstić information content (AvgIpc) is 3.78. The summed E-state index contributed by atoms with van der Waals surface area (Å²) in [6, 6.07) is 53.3. The zero-order chi connectivity index (χ0) is 38.6. The lowest BCUT2D eigenvalue weighted by molar-refractivity contribution is 0.628. The first-order valence-corrected chi connectivity index (χ1v) is 20.8. The van der Waals surface area contributed by atoms with E-state index in [0.29, 0.717) is 0 Å². The second kappa shape index (κ2) is 11.4. The van der Waals surface area contributed by atoms with E-state index >= 15 is 0 Å². The summed E-state index contributed by atoms with van der Waals surface area (Å²) >= 11 is 0. The third kappa shape index (κ3) is 3.89. The number of rotatable bonds is 4. The SMILES string of the molecule is CCc1c2c(c(CC)c3ccccc13)-c1ccc3c4ccc5c6c(ccc(c7ccc-2c1c73)c64)-c1c-5c(-c2ccc(F)cc2)c2ccccc2c1-c1ccc(C)cc1. The van der Waals surface area contributed by atoms with E-state index in [2.05, 4.69) is 142 Å². The molecule has 0 radical (unpaired) electrons. The minimum Gasteiger partial charge on any atom is -0.207 e. The first kappa shape index (κ1) is 32.3. The molecule has 0 bridgehead atoms. The molecule has 1 heteroatoms.